The smallest absolute Gasteiger partial charge is 0.293 e. The van der Waals surface area contributed by atoms with E-state index in [-0.39, 0.29) is 72.7 Å². The van der Waals surface area contributed by atoms with Crippen molar-refractivity contribution >= 4 is 0 Å². The second-order valence-electron chi connectivity index (χ2n) is 8.08. The van der Waals surface area contributed by atoms with Crippen LogP contribution < -0.4 is 0 Å². The maximum absolute atomic E-state index is 12.3. The monoisotopic (exact) mass is 620 g/mol. The highest BCUT2D eigenvalue weighted by Gasteiger charge is 2.28. The fraction of sp³-hybridized carbons (Fsp3) is 1.00. The average molecular weight is 621 g/mol. The molecular formula is C24H54F2O15. The van der Waals surface area contributed by atoms with E-state index in [9.17, 15) is 8.78 Å². The summed E-state index contributed by atoms with van der Waals surface area (Å²) in [6.45, 7) is -0.558. The quantitative estimate of drug-likeness (QED) is 0.0533. The molecule has 0 aromatic carbocycles. The summed E-state index contributed by atoms with van der Waals surface area (Å²) in [5.74, 6) is -3.24. The number of alkyl halides is 2. The maximum atomic E-state index is 12.3. The van der Waals surface area contributed by atoms with Crippen LogP contribution in [0, 0.1) is 0 Å². The Morgan fingerprint density at radius 2 is 0.854 bits per heavy atom. The van der Waals surface area contributed by atoms with Crippen molar-refractivity contribution in [2.75, 3.05) is 121 Å². The number of hydrogen-bond donors (Lipinski definition) is 8. The van der Waals surface area contributed by atoms with Gasteiger partial charge in [-0.05, 0) is 6.42 Å². The van der Waals surface area contributed by atoms with Crippen LogP contribution in [0.5, 0.6) is 0 Å². The molecule has 8 N–H and O–H groups in total. The van der Waals surface area contributed by atoms with Crippen molar-refractivity contribution in [2.45, 2.75) is 36.8 Å². The summed E-state index contributed by atoms with van der Waals surface area (Å²) in [7, 11) is 5.91. The van der Waals surface area contributed by atoms with Crippen molar-refractivity contribution in [3.05, 3.63) is 0 Å². The SMILES string of the molecule is COCC(O)CCO.COCC(O)COCC(F)(F)CO.COCC(O)COCCO.COCC(O)COCCO. The number of aliphatic hydroxyl groups is 8. The second-order valence-corrected chi connectivity index (χ2v) is 8.08. The molecule has 4 unspecified atom stereocenters. The van der Waals surface area contributed by atoms with Gasteiger partial charge in [0.15, 0.2) is 0 Å². The van der Waals surface area contributed by atoms with Gasteiger partial charge in [-0.25, -0.2) is 8.78 Å². The molecule has 0 spiro atoms. The van der Waals surface area contributed by atoms with E-state index in [1.54, 1.807) is 0 Å². The Morgan fingerprint density at radius 3 is 1.15 bits per heavy atom. The van der Waals surface area contributed by atoms with Crippen LogP contribution in [0.3, 0.4) is 0 Å². The Labute approximate surface area is 241 Å². The first-order chi connectivity index (χ1) is 19.4. The molecule has 0 radical (unpaired) electrons. The van der Waals surface area contributed by atoms with E-state index >= 15 is 0 Å². The van der Waals surface area contributed by atoms with Gasteiger partial charge in [0.25, 0.3) is 5.92 Å². The lowest BCUT2D eigenvalue weighted by Crippen LogP contribution is -2.31. The zero-order chi connectivity index (χ0) is 32.4. The van der Waals surface area contributed by atoms with E-state index in [1.165, 1.54) is 28.4 Å². The Bertz CT molecular complexity index is 447. The molecule has 17 heteroatoms. The minimum absolute atomic E-state index is 0.0142. The first-order valence-electron chi connectivity index (χ1n) is 12.7. The number of hydrogen-bond acceptors (Lipinski definition) is 15. The summed E-state index contributed by atoms with van der Waals surface area (Å²) in [5.41, 5.74) is 0. The summed E-state index contributed by atoms with van der Waals surface area (Å²) in [5, 5.41) is 68.5. The molecule has 254 valence electrons. The zero-order valence-corrected chi connectivity index (χ0v) is 24.6. The lowest BCUT2D eigenvalue weighted by molar-refractivity contribution is -0.120. The molecular weight excluding hydrogens is 566 g/mol. The van der Waals surface area contributed by atoms with Gasteiger partial charge in [-0.2, -0.15) is 0 Å². The molecule has 0 aliphatic rings. The summed E-state index contributed by atoms with van der Waals surface area (Å²) in [6, 6.07) is 0. The van der Waals surface area contributed by atoms with Crippen LogP contribution >= 0.6 is 0 Å². The third kappa shape index (κ3) is 46.4. The minimum Gasteiger partial charge on any atom is -0.396 e. The van der Waals surface area contributed by atoms with Crippen molar-refractivity contribution in [2.24, 2.45) is 0 Å². The largest absolute Gasteiger partial charge is 0.396 e. The van der Waals surface area contributed by atoms with Gasteiger partial charge in [0.05, 0.1) is 78.8 Å². The van der Waals surface area contributed by atoms with E-state index in [1.807, 2.05) is 0 Å². The number of halogens is 2. The van der Waals surface area contributed by atoms with Crippen LogP contribution in [0.15, 0.2) is 0 Å². The van der Waals surface area contributed by atoms with Gasteiger partial charge in [-0.3, -0.25) is 0 Å². The molecule has 0 saturated carbocycles. The molecule has 0 saturated heterocycles. The predicted molar refractivity (Wildman–Crippen MR) is 142 cm³/mol. The molecule has 4 atom stereocenters. The molecule has 0 aromatic rings. The summed E-state index contributed by atoms with van der Waals surface area (Å²) >= 11 is 0. The minimum atomic E-state index is -3.24. The van der Waals surface area contributed by atoms with Crippen LogP contribution in [0.2, 0.25) is 0 Å². The summed E-state index contributed by atoms with van der Waals surface area (Å²) < 4.78 is 57.1. The standard InChI is InChI=1S/C7H14F2O4.2C6H14O4.C5H12O3/c1-12-2-6(11)3-13-5-7(8,9)4-10;2*1-9-4-6(8)5-10-3-2-7;1-8-4-5(7)2-3-6/h6,10-11H,2-5H2,1H3;2*6-8H,2-5H2,1H3;5-7H,2-4H2,1H3. The number of rotatable bonds is 23. The summed E-state index contributed by atoms with van der Waals surface area (Å²) in [6.07, 6.45) is -2.20. The van der Waals surface area contributed by atoms with Gasteiger partial charge in [-0.1, -0.05) is 0 Å². The van der Waals surface area contributed by atoms with Crippen LogP contribution in [0.1, 0.15) is 6.42 Å². The van der Waals surface area contributed by atoms with Crippen molar-refractivity contribution < 1.29 is 82.8 Å². The van der Waals surface area contributed by atoms with Gasteiger partial charge in [0.1, 0.15) is 31.5 Å². The maximum Gasteiger partial charge on any atom is 0.293 e. The topological polar surface area (TPSA) is 226 Å². The molecule has 0 fully saturated rings. The average Bonchev–Trinajstić information content (AvgIpc) is 2.91. The Kier molecular flexibility index (Phi) is 42.9. The fourth-order valence-electron chi connectivity index (χ4n) is 2.10. The van der Waals surface area contributed by atoms with E-state index in [2.05, 4.69) is 23.7 Å². The van der Waals surface area contributed by atoms with Gasteiger partial charge < -0.3 is 74.0 Å². The fourth-order valence-corrected chi connectivity index (χ4v) is 2.10. The van der Waals surface area contributed by atoms with Crippen molar-refractivity contribution in [3.8, 4) is 0 Å². The van der Waals surface area contributed by atoms with Gasteiger partial charge in [0.2, 0.25) is 0 Å². The molecule has 0 amide bonds. The molecule has 0 aromatic heterocycles. The number of methoxy groups -OCH3 is 4. The van der Waals surface area contributed by atoms with E-state index in [0.29, 0.717) is 13.0 Å². The van der Waals surface area contributed by atoms with Gasteiger partial charge in [0, 0.05) is 35.0 Å². The van der Waals surface area contributed by atoms with E-state index in [4.69, 9.17) is 50.3 Å². The lowest BCUT2D eigenvalue weighted by atomic mass is 10.3. The molecule has 0 heterocycles. The molecule has 0 aliphatic heterocycles. The van der Waals surface area contributed by atoms with Crippen LogP contribution in [-0.2, 0) is 33.2 Å². The predicted octanol–water partition coefficient (Wildman–Crippen LogP) is -2.98. The third-order valence-electron chi connectivity index (χ3n) is 3.85. The summed E-state index contributed by atoms with van der Waals surface area (Å²) in [4.78, 5) is 0. The van der Waals surface area contributed by atoms with Crippen molar-refractivity contribution in [1.82, 2.24) is 0 Å². The third-order valence-corrected chi connectivity index (χ3v) is 3.85. The first kappa shape index (κ1) is 47.2. The number of ether oxygens (including phenoxy) is 7. The Morgan fingerprint density at radius 1 is 0.512 bits per heavy atom. The molecule has 0 aliphatic carbocycles. The Hall–Kier alpha value is -0.740. The van der Waals surface area contributed by atoms with Crippen LogP contribution in [-0.4, -0.2) is 192 Å². The van der Waals surface area contributed by atoms with Crippen molar-refractivity contribution in [3.63, 3.8) is 0 Å². The molecule has 15 nitrogen and oxygen atoms in total. The highest BCUT2D eigenvalue weighted by atomic mass is 19.3. The first-order valence-corrected chi connectivity index (χ1v) is 12.7. The van der Waals surface area contributed by atoms with Gasteiger partial charge in [-0.15, -0.1) is 0 Å². The van der Waals surface area contributed by atoms with E-state index < -0.39 is 43.6 Å². The zero-order valence-electron chi connectivity index (χ0n) is 24.6. The van der Waals surface area contributed by atoms with Gasteiger partial charge >= 0.3 is 0 Å². The normalized spacial score (nSPS) is 13.9. The van der Waals surface area contributed by atoms with Crippen LogP contribution in [0.4, 0.5) is 8.78 Å². The lowest BCUT2D eigenvalue weighted by Gasteiger charge is -2.15. The Balaban J connectivity index is -0.000000226. The molecule has 0 rings (SSSR count). The second kappa shape index (κ2) is 37.3. The van der Waals surface area contributed by atoms with E-state index in [0.717, 1.165) is 0 Å². The van der Waals surface area contributed by atoms with Crippen molar-refractivity contribution in [1.29, 1.82) is 0 Å². The molecule has 0 bridgehead atoms. The molecule has 41 heavy (non-hydrogen) atoms. The highest BCUT2D eigenvalue weighted by Crippen LogP contribution is 2.11. The number of aliphatic hydroxyl groups excluding tert-OH is 8. The van der Waals surface area contributed by atoms with Crippen LogP contribution in [0.25, 0.3) is 0 Å². The highest BCUT2D eigenvalue weighted by molar-refractivity contribution is 4.63.